The second kappa shape index (κ2) is 3.97. The summed E-state index contributed by atoms with van der Waals surface area (Å²) < 4.78 is 0. The van der Waals surface area contributed by atoms with Crippen molar-refractivity contribution in [1.29, 1.82) is 0 Å². The lowest BCUT2D eigenvalue weighted by Crippen LogP contribution is -2.13. The lowest BCUT2D eigenvalue weighted by molar-refractivity contribution is 0.102. The van der Waals surface area contributed by atoms with Crippen molar-refractivity contribution in [2.45, 2.75) is 6.92 Å². The molecule has 2 rings (SSSR count). The molecule has 3 N–H and O–H groups in total. The molecule has 0 radical (unpaired) electrons. The number of tetrazole rings is 1. The Bertz CT molecular complexity index is 509. The number of aromatic nitrogens is 4. The van der Waals surface area contributed by atoms with E-state index in [0.29, 0.717) is 0 Å². The summed E-state index contributed by atoms with van der Waals surface area (Å²) in [5.41, 5.74) is 1.04. The number of benzene rings is 1. The van der Waals surface area contributed by atoms with Crippen LogP contribution in [0.2, 0.25) is 0 Å². The minimum Gasteiger partial charge on any atom is -0.507 e. The lowest BCUT2D eigenvalue weighted by atomic mass is 10.1. The van der Waals surface area contributed by atoms with Gasteiger partial charge in [-0.2, -0.15) is 0 Å². The van der Waals surface area contributed by atoms with Gasteiger partial charge in [-0.1, -0.05) is 11.2 Å². The normalized spacial score (nSPS) is 10.1. The summed E-state index contributed by atoms with van der Waals surface area (Å²) >= 11 is 0. The van der Waals surface area contributed by atoms with E-state index in [4.69, 9.17) is 0 Å². The number of carbonyl (C=O) groups is 1. The van der Waals surface area contributed by atoms with Gasteiger partial charge in [0.25, 0.3) is 5.91 Å². The third kappa shape index (κ3) is 1.97. The van der Waals surface area contributed by atoms with Crippen molar-refractivity contribution < 1.29 is 9.90 Å². The molecule has 0 aliphatic carbocycles. The van der Waals surface area contributed by atoms with Gasteiger partial charge in [-0.05, 0) is 35.0 Å². The van der Waals surface area contributed by atoms with Crippen LogP contribution in [0.4, 0.5) is 5.95 Å². The van der Waals surface area contributed by atoms with Gasteiger partial charge >= 0.3 is 0 Å². The Morgan fingerprint density at radius 1 is 1.50 bits per heavy atom. The molecule has 1 heterocycles. The van der Waals surface area contributed by atoms with Gasteiger partial charge in [0.15, 0.2) is 0 Å². The highest BCUT2D eigenvalue weighted by Crippen LogP contribution is 2.18. The van der Waals surface area contributed by atoms with Crippen molar-refractivity contribution in [3.05, 3.63) is 29.3 Å². The summed E-state index contributed by atoms with van der Waals surface area (Å²) in [5, 5.41) is 24.5. The van der Waals surface area contributed by atoms with E-state index >= 15 is 0 Å². The lowest BCUT2D eigenvalue weighted by Gasteiger charge is -2.04. The third-order valence-electron chi connectivity index (χ3n) is 1.98. The van der Waals surface area contributed by atoms with Gasteiger partial charge in [-0.15, -0.1) is 0 Å². The number of nitrogens with zero attached hydrogens (tertiary/aromatic N) is 3. The number of carbonyl (C=O) groups excluding carboxylic acids is 1. The summed E-state index contributed by atoms with van der Waals surface area (Å²) in [6, 6.07) is 4.77. The summed E-state index contributed by atoms with van der Waals surface area (Å²) in [7, 11) is 0. The van der Waals surface area contributed by atoms with Crippen LogP contribution in [0.25, 0.3) is 0 Å². The van der Waals surface area contributed by atoms with Crippen LogP contribution >= 0.6 is 0 Å². The Morgan fingerprint density at radius 2 is 2.31 bits per heavy atom. The summed E-state index contributed by atoms with van der Waals surface area (Å²) in [6.45, 7) is 1.82. The van der Waals surface area contributed by atoms with Crippen molar-refractivity contribution in [1.82, 2.24) is 20.6 Å². The standard InChI is InChI=1S/C9H9N5O2/c1-5-2-3-6(7(15)4-5)8(16)10-9-11-13-14-12-9/h2-4,15H,1H3,(H2,10,11,12,13,14,16). The summed E-state index contributed by atoms with van der Waals surface area (Å²) in [6.07, 6.45) is 0. The molecule has 0 atom stereocenters. The molecule has 0 fully saturated rings. The van der Waals surface area contributed by atoms with Gasteiger partial charge in [-0.25, -0.2) is 5.10 Å². The molecular weight excluding hydrogens is 210 g/mol. The van der Waals surface area contributed by atoms with Crippen molar-refractivity contribution in [2.24, 2.45) is 0 Å². The number of nitrogens with one attached hydrogen (secondary N) is 2. The molecule has 7 heteroatoms. The van der Waals surface area contributed by atoms with E-state index in [1.807, 2.05) is 6.92 Å². The van der Waals surface area contributed by atoms with Crippen LogP contribution in [0.1, 0.15) is 15.9 Å². The minimum atomic E-state index is -0.476. The molecule has 2 aromatic rings. The zero-order chi connectivity index (χ0) is 11.5. The molecule has 0 bridgehead atoms. The Labute approximate surface area is 90.5 Å². The average molecular weight is 219 g/mol. The Kier molecular flexibility index (Phi) is 2.50. The van der Waals surface area contributed by atoms with Crippen LogP contribution < -0.4 is 5.32 Å². The van der Waals surface area contributed by atoms with Crippen LogP contribution in [0, 0.1) is 6.92 Å². The first-order valence-corrected chi connectivity index (χ1v) is 4.51. The second-order valence-electron chi connectivity index (χ2n) is 3.22. The molecular formula is C9H9N5O2. The Hall–Kier alpha value is -2.44. The Balaban J connectivity index is 2.21. The molecule has 1 aromatic heterocycles. The molecule has 0 aliphatic rings. The van der Waals surface area contributed by atoms with Crippen LogP contribution in [0.3, 0.4) is 0 Å². The molecule has 0 unspecified atom stereocenters. The number of rotatable bonds is 2. The molecule has 1 amide bonds. The van der Waals surface area contributed by atoms with Gasteiger partial charge in [0.1, 0.15) is 5.75 Å². The van der Waals surface area contributed by atoms with E-state index in [1.165, 1.54) is 12.1 Å². The van der Waals surface area contributed by atoms with Crippen LogP contribution in [0.5, 0.6) is 5.75 Å². The number of aromatic amines is 1. The maximum atomic E-state index is 11.7. The van der Waals surface area contributed by atoms with Gasteiger partial charge in [-0.3, -0.25) is 10.1 Å². The molecule has 1 aromatic carbocycles. The number of anilines is 1. The fourth-order valence-electron chi connectivity index (χ4n) is 1.22. The second-order valence-corrected chi connectivity index (χ2v) is 3.22. The van der Waals surface area contributed by atoms with Gasteiger partial charge in [0.2, 0.25) is 5.95 Å². The number of hydrogen-bond donors (Lipinski definition) is 3. The predicted octanol–water partition coefficient (Wildman–Crippen LogP) is 0.466. The first-order valence-electron chi connectivity index (χ1n) is 4.51. The Morgan fingerprint density at radius 3 is 2.94 bits per heavy atom. The maximum absolute atomic E-state index is 11.7. The maximum Gasteiger partial charge on any atom is 0.261 e. The first-order chi connectivity index (χ1) is 7.66. The molecule has 0 spiro atoms. The predicted molar refractivity (Wildman–Crippen MR) is 55.0 cm³/mol. The topological polar surface area (TPSA) is 104 Å². The quantitative estimate of drug-likeness (QED) is 0.680. The zero-order valence-electron chi connectivity index (χ0n) is 8.43. The van der Waals surface area contributed by atoms with Crippen molar-refractivity contribution >= 4 is 11.9 Å². The smallest absolute Gasteiger partial charge is 0.261 e. The molecule has 82 valence electrons. The number of amides is 1. The van der Waals surface area contributed by atoms with Crippen LogP contribution in [-0.2, 0) is 0 Å². The molecule has 0 saturated heterocycles. The van der Waals surface area contributed by atoms with E-state index in [2.05, 4.69) is 25.9 Å². The van der Waals surface area contributed by atoms with Crippen molar-refractivity contribution in [3.8, 4) is 5.75 Å². The van der Waals surface area contributed by atoms with Crippen LogP contribution in [-0.4, -0.2) is 31.6 Å². The van der Waals surface area contributed by atoms with Gasteiger partial charge < -0.3 is 5.11 Å². The SMILES string of the molecule is Cc1ccc(C(=O)Nc2nnn[nH]2)c(O)c1. The first kappa shape index (κ1) is 10.1. The average Bonchev–Trinajstić information content (AvgIpc) is 2.70. The number of phenols is 1. The number of H-pyrrole nitrogens is 1. The number of aryl methyl sites for hydroxylation is 1. The number of hydrogen-bond acceptors (Lipinski definition) is 5. The third-order valence-corrected chi connectivity index (χ3v) is 1.98. The molecule has 16 heavy (non-hydrogen) atoms. The van der Waals surface area contributed by atoms with E-state index in [1.54, 1.807) is 6.07 Å². The molecule has 0 aliphatic heterocycles. The molecule has 7 nitrogen and oxygen atoms in total. The molecule has 0 saturated carbocycles. The minimum absolute atomic E-state index is 0.0787. The van der Waals surface area contributed by atoms with Gasteiger partial charge in [0, 0.05) is 0 Å². The van der Waals surface area contributed by atoms with E-state index in [9.17, 15) is 9.90 Å². The summed E-state index contributed by atoms with van der Waals surface area (Å²) in [4.78, 5) is 11.7. The number of aromatic hydroxyl groups is 1. The largest absolute Gasteiger partial charge is 0.507 e. The fraction of sp³-hybridized carbons (Fsp3) is 0.111. The highest BCUT2D eigenvalue weighted by molar-refractivity contribution is 6.05. The highest BCUT2D eigenvalue weighted by atomic mass is 16.3. The monoisotopic (exact) mass is 219 g/mol. The van der Waals surface area contributed by atoms with E-state index in [-0.39, 0.29) is 17.3 Å². The fourth-order valence-corrected chi connectivity index (χ4v) is 1.22. The number of phenolic OH excluding ortho intramolecular Hbond substituents is 1. The van der Waals surface area contributed by atoms with Crippen molar-refractivity contribution in [3.63, 3.8) is 0 Å². The summed E-state index contributed by atoms with van der Waals surface area (Å²) in [5.74, 6) is -0.425. The van der Waals surface area contributed by atoms with Crippen molar-refractivity contribution in [2.75, 3.05) is 5.32 Å². The zero-order valence-corrected chi connectivity index (χ0v) is 8.43. The van der Waals surface area contributed by atoms with Gasteiger partial charge in [0.05, 0.1) is 5.56 Å². The van der Waals surface area contributed by atoms with E-state index < -0.39 is 5.91 Å². The van der Waals surface area contributed by atoms with Crippen LogP contribution in [0.15, 0.2) is 18.2 Å². The highest BCUT2D eigenvalue weighted by Gasteiger charge is 2.12. The van der Waals surface area contributed by atoms with E-state index in [0.717, 1.165) is 5.56 Å².